The van der Waals surface area contributed by atoms with Gasteiger partial charge in [-0.15, -0.1) is 0 Å². The number of carbonyl (C=O) groups is 2. The average molecular weight is 544 g/mol. The van der Waals surface area contributed by atoms with Gasteiger partial charge < -0.3 is 14.9 Å². The standard InChI is InChI=1S/C14H13ClN2O.C12H14FNOS.C3H8/c1-16-11-7-8-12(15)13(9-11)17-14(18)10-5-3-2-4-6-10;13-12-8-11(5-4-10(12)9-15)14-6-2-1-3-7-16-14;1-3-2/h2-9,16H,1H3,(H,17,18);4-5,8-9H,1-3,6-7H2;3H2,1-2H3. The minimum atomic E-state index is -0.433. The van der Waals surface area contributed by atoms with Gasteiger partial charge in [0.25, 0.3) is 5.91 Å². The van der Waals surface area contributed by atoms with Crippen molar-refractivity contribution in [1.82, 2.24) is 0 Å². The molecule has 1 heterocycles. The molecule has 1 saturated heterocycles. The molecule has 1 aliphatic heterocycles. The Labute approximate surface area is 228 Å². The Hall–Kier alpha value is -3.03. The van der Waals surface area contributed by atoms with Gasteiger partial charge in [-0.2, -0.15) is 0 Å². The quantitative estimate of drug-likeness (QED) is 0.250. The first-order chi connectivity index (χ1) is 17.9. The van der Waals surface area contributed by atoms with Gasteiger partial charge in [-0.3, -0.25) is 9.59 Å². The molecule has 1 fully saturated rings. The van der Waals surface area contributed by atoms with Gasteiger partial charge in [0.15, 0.2) is 6.29 Å². The lowest BCUT2D eigenvalue weighted by Crippen LogP contribution is -2.14. The van der Waals surface area contributed by atoms with Gasteiger partial charge in [-0.05, 0) is 73.3 Å². The second kappa shape index (κ2) is 16.7. The van der Waals surface area contributed by atoms with E-state index in [2.05, 4.69) is 28.8 Å². The summed E-state index contributed by atoms with van der Waals surface area (Å²) in [4.78, 5) is 22.5. The molecule has 0 radical (unpaired) electrons. The lowest BCUT2D eigenvalue weighted by molar-refractivity contribution is 0.102. The van der Waals surface area contributed by atoms with Crippen molar-refractivity contribution in [2.24, 2.45) is 0 Å². The first-order valence-corrected chi connectivity index (χ1v) is 13.7. The number of halogens is 2. The summed E-state index contributed by atoms with van der Waals surface area (Å²) in [5.41, 5.74) is 3.07. The Bertz CT molecular complexity index is 1120. The number of rotatable bonds is 5. The summed E-state index contributed by atoms with van der Waals surface area (Å²) < 4.78 is 15.6. The Morgan fingerprint density at radius 3 is 2.43 bits per heavy atom. The van der Waals surface area contributed by atoms with Crippen LogP contribution in [0.4, 0.5) is 21.5 Å². The predicted octanol–water partition coefficient (Wildman–Crippen LogP) is 8.33. The molecular weight excluding hydrogens is 509 g/mol. The van der Waals surface area contributed by atoms with Crippen LogP contribution >= 0.6 is 23.5 Å². The zero-order valence-electron chi connectivity index (χ0n) is 21.6. The fourth-order valence-corrected chi connectivity index (χ4v) is 4.54. The molecule has 0 saturated carbocycles. The number of hydrogen-bond acceptors (Lipinski definition) is 5. The smallest absolute Gasteiger partial charge is 0.255 e. The molecule has 8 heteroatoms. The summed E-state index contributed by atoms with van der Waals surface area (Å²) in [6.45, 7) is 5.20. The molecule has 1 aliphatic rings. The van der Waals surface area contributed by atoms with Crippen LogP contribution in [-0.2, 0) is 0 Å². The molecule has 2 N–H and O–H groups in total. The molecule has 198 valence electrons. The van der Waals surface area contributed by atoms with Crippen molar-refractivity contribution in [3.63, 3.8) is 0 Å². The molecule has 3 aromatic carbocycles. The van der Waals surface area contributed by atoms with Crippen LogP contribution in [0.1, 0.15) is 60.2 Å². The van der Waals surface area contributed by atoms with Crippen LogP contribution in [0.25, 0.3) is 0 Å². The molecular formula is C29H35ClFN3O2S. The van der Waals surface area contributed by atoms with Crippen LogP contribution in [0.5, 0.6) is 0 Å². The first-order valence-electron chi connectivity index (χ1n) is 12.4. The van der Waals surface area contributed by atoms with Gasteiger partial charge in [-0.25, -0.2) is 4.39 Å². The van der Waals surface area contributed by atoms with E-state index in [0.717, 1.165) is 30.1 Å². The summed E-state index contributed by atoms with van der Waals surface area (Å²) in [7, 11) is 1.81. The van der Waals surface area contributed by atoms with Crippen LogP contribution in [0.15, 0.2) is 66.7 Å². The second-order valence-electron chi connectivity index (χ2n) is 8.29. The minimum Gasteiger partial charge on any atom is -0.388 e. The molecule has 0 spiro atoms. The normalized spacial score (nSPS) is 12.6. The van der Waals surface area contributed by atoms with Gasteiger partial charge in [0.05, 0.1) is 16.3 Å². The third kappa shape index (κ3) is 10.1. The average Bonchev–Trinajstić information content (AvgIpc) is 3.21. The molecule has 1 amide bonds. The number of nitrogens with zero attached hydrogens (tertiary/aromatic N) is 1. The van der Waals surface area contributed by atoms with Gasteiger partial charge >= 0.3 is 0 Å². The lowest BCUT2D eigenvalue weighted by Gasteiger charge is -2.21. The number of aldehydes is 1. The van der Waals surface area contributed by atoms with E-state index in [1.54, 1.807) is 42.3 Å². The fraction of sp³-hybridized carbons (Fsp3) is 0.310. The highest BCUT2D eigenvalue weighted by Crippen LogP contribution is 2.28. The number of carbonyl (C=O) groups excluding carboxylic acids is 2. The minimum absolute atomic E-state index is 0.128. The molecule has 5 nitrogen and oxygen atoms in total. The maximum atomic E-state index is 13.4. The Balaban J connectivity index is 0.000000237. The van der Waals surface area contributed by atoms with Gasteiger partial charge in [-0.1, -0.05) is 56.5 Å². The van der Waals surface area contributed by atoms with Gasteiger partial charge in [0.2, 0.25) is 0 Å². The van der Waals surface area contributed by atoms with E-state index in [1.165, 1.54) is 25.3 Å². The van der Waals surface area contributed by atoms with E-state index in [-0.39, 0.29) is 11.5 Å². The second-order valence-corrected chi connectivity index (χ2v) is 9.81. The van der Waals surface area contributed by atoms with Crippen molar-refractivity contribution >= 4 is 52.8 Å². The number of hydrogen-bond donors (Lipinski definition) is 2. The molecule has 0 aromatic heterocycles. The van der Waals surface area contributed by atoms with Crippen molar-refractivity contribution in [1.29, 1.82) is 0 Å². The van der Waals surface area contributed by atoms with Crippen molar-refractivity contribution in [3.05, 3.63) is 88.7 Å². The number of amides is 1. The van der Waals surface area contributed by atoms with Crippen molar-refractivity contribution in [2.45, 2.75) is 39.5 Å². The molecule has 37 heavy (non-hydrogen) atoms. The van der Waals surface area contributed by atoms with Crippen molar-refractivity contribution < 1.29 is 14.0 Å². The number of benzene rings is 3. The zero-order chi connectivity index (χ0) is 27.0. The van der Waals surface area contributed by atoms with E-state index < -0.39 is 5.82 Å². The summed E-state index contributed by atoms with van der Waals surface area (Å²) in [6, 6.07) is 19.2. The van der Waals surface area contributed by atoms with E-state index >= 15 is 0 Å². The Morgan fingerprint density at radius 2 is 1.78 bits per heavy atom. The highest BCUT2D eigenvalue weighted by atomic mass is 35.5. The molecule has 0 aliphatic carbocycles. The van der Waals surface area contributed by atoms with Crippen LogP contribution < -0.4 is 14.9 Å². The van der Waals surface area contributed by atoms with Crippen molar-refractivity contribution in [3.8, 4) is 0 Å². The van der Waals surface area contributed by atoms with Crippen LogP contribution in [0.3, 0.4) is 0 Å². The Morgan fingerprint density at radius 1 is 1.05 bits per heavy atom. The lowest BCUT2D eigenvalue weighted by atomic mass is 10.2. The molecule has 0 unspecified atom stereocenters. The molecule has 0 bridgehead atoms. The van der Waals surface area contributed by atoms with E-state index in [1.807, 2.05) is 37.4 Å². The van der Waals surface area contributed by atoms with E-state index in [9.17, 15) is 14.0 Å². The monoisotopic (exact) mass is 543 g/mol. The highest BCUT2D eigenvalue weighted by Gasteiger charge is 2.12. The Kier molecular flexibility index (Phi) is 13.6. The van der Waals surface area contributed by atoms with E-state index in [4.69, 9.17) is 11.6 Å². The third-order valence-electron chi connectivity index (χ3n) is 5.19. The zero-order valence-corrected chi connectivity index (χ0v) is 23.2. The predicted molar refractivity (Wildman–Crippen MR) is 157 cm³/mol. The van der Waals surface area contributed by atoms with Crippen LogP contribution in [0, 0.1) is 5.82 Å². The molecule has 0 atom stereocenters. The molecule has 3 aromatic rings. The van der Waals surface area contributed by atoms with Gasteiger partial charge in [0, 0.05) is 36.3 Å². The first kappa shape index (κ1) is 30.2. The van der Waals surface area contributed by atoms with Crippen LogP contribution in [-0.4, -0.2) is 31.5 Å². The summed E-state index contributed by atoms with van der Waals surface area (Å²) in [6.07, 6.45) is 5.40. The summed E-state index contributed by atoms with van der Waals surface area (Å²) in [5, 5.41) is 6.30. The third-order valence-corrected chi connectivity index (χ3v) is 6.70. The van der Waals surface area contributed by atoms with Gasteiger partial charge in [0.1, 0.15) is 5.82 Å². The SMILES string of the molecule is CCC.CNc1ccc(Cl)c(NC(=O)c2ccccc2)c1.O=Cc1ccc(N2CCCCCS2)cc1F. The topological polar surface area (TPSA) is 61.4 Å². The maximum Gasteiger partial charge on any atom is 0.255 e. The number of nitrogens with one attached hydrogen (secondary N) is 2. The summed E-state index contributed by atoms with van der Waals surface area (Å²) in [5.74, 6) is 0.472. The summed E-state index contributed by atoms with van der Waals surface area (Å²) >= 11 is 7.78. The largest absolute Gasteiger partial charge is 0.388 e. The van der Waals surface area contributed by atoms with E-state index in [0.29, 0.717) is 22.6 Å². The van der Waals surface area contributed by atoms with Crippen molar-refractivity contribution in [2.75, 3.05) is 34.3 Å². The molecule has 4 rings (SSSR count). The maximum absolute atomic E-state index is 13.4. The highest BCUT2D eigenvalue weighted by molar-refractivity contribution is 8.00. The van der Waals surface area contributed by atoms with Crippen LogP contribution in [0.2, 0.25) is 5.02 Å². The fourth-order valence-electron chi connectivity index (χ4n) is 3.30. The number of anilines is 3.